The van der Waals surface area contributed by atoms with E-state index in [0.717, 1.165) is 29.5 Å². The van der Waals surface area contributed by atoms with Crippen molar-refractivity contribution in [3.63, 3.8) is 0 Å². The van der Waals surface area contributed by atoms with Crippen LogP contribution in [0.25, 0.3) is 10.2 Å². The Bertz CT molecular complexity index is 967. The van der Waals surface area contributed by atoms with E-state index < -0.39 is 5.82 Å². The quantitative estimate of drug-likeness (QED) is 0.560. The third-order valence-electron chi connectivity index (χ3n) is 4.18. The number of rotatable bonds is 3. The number of aryl methyl sites for hydroxylation is 2. The average Bonchev–Trinajstić information content (AvgIpc) is 3.15. The molecule has 0 spiro atoms. The Kier molecular flexibility index (Phi) is 3.65. The third kappa shape index (κ3) is 2.50. The predicted octanol–water partition coefficient (Wildman–Crippen LogP) is 3.86. The molecule has 1 aromatic carbocycles. The summed E-state index contributed by atoms with van der Waals surface area (Å²) >= 11 is 1.71. The van der Waals surface area contributed by atoms with E-state index in [1.54, 1.807) is 18.3 Å². The van der Waals surface area contributed by atoms with E-state index in [4.69, 9.17) is 0 Å². The van der Waals surface area contributed by atoms with E-state index >= 15 is 0 Å². The zero-order valence-corrected chi connectivity index (χ0v) is 13.8. The van der Waals surface area contributed by atoms with Gasteiger partial charge in [0.05, 0.1) is 11.1 Å². The Labute approximate surface area is 141 Å². The Morgan fingerprint density at radius 3 is 3.08 bits per heavy atom. The highest BCUT2D eigenvalue weighted by atomic mass is 32.1. The summed E-state index contributed by atoms with van der Waals surface area (Å²) in [7, 11) is 0. The first-order valence-corrected chi connectivity index (χ1v) is 8.49. The smallest absolute Gasteiger partial charge is 0.158 e. The number of hydrazone groups is 1. The number of benzene rings is 1. The van der Waals surface area contributed by atoms with Crippen molar-refractivity contribution in [2.24, 2.45) is 5.10 Å². The lowest BCUT2D eigenvalue weighted by Crippen LogP contribution is -2.02. The van der Waals surface area contributed by atoms with Gasteiger partial charge < -0.3 is 5.11 Å². The number of hydrogen-bond donors (Lipinski definition) is 2. The van der Waals surface area contributed by atoms with Crippen LogP contribution in [-0.2, 0) is 12.8 Å². The molecule has 0 amide bonds. The van der Waals surface area contributed by atoms with Crippen LogP contribution in [0.2, 0.25) is 0 Å². The zero-order chi connectivity index (χ0) is 16.7. The van der Waals surface area contributed by atoms with Gasteiger partial charge in [-0.15, -0.1) is 11.3 Å². The van der Waals surface area contributed by atoms with Gasteiger partial charge in [0.25, 0.3) is 0 Å². The number of phenols is 1. The molecule has 3 aromatic rings. The number of hydrogen-bond acceptors (Lipinski definition) is 6. The molecule has 0 bridgehead atoms. The Morgan fingerprint density at radius 2 is 2.21 bits per heavy atom. The van der Waals surface area contributed by atoms with Gasteiger partial charge in [0.1, 0.15) is 22.7 Å². The van der Waals surface area contributed by atoms with E-state index in [1.165, 1.54) is 35.0 Å². The van der Waals surface area contributed by atoms with Crippen LogP contribution < -0.4 is 5.43 Å². The van der Waals surface area contributed by atoms with Crippen LogP contribution in [0.3, 0.4) is 0 Å². The first-order valence-electron chi connectivity index (χ1n) is 7.68. The number of halogens is 1. The van der Waals surface area contributed by atoms with Gasteiger partial charge >= 0.3 is 0 Å². The molecule has 2 aromatic heterocycles. The monoisotopic (exact) mass is 342 g/mol. The lowest BCUT2D eigenvalue weighted by Gasteiger charge is -2.06. The molecular formula is C17H15FN4OS. The summed E-state index contributed by atoms with van der Waals surface area (Å²) in [5.41, 5.74) is 5.09. The third-order valence-corrected chi connectivity index (χ3v) is 5.38. The zero-order valence-electron chi connectivity index (χ0n) is 13.0. The number of aromatic hydroxyl groups is 1. The molecule has 0 radical (unpaired) electrons. The number of nitrogens with zero attached hydrogens (tertiary/aromatic N) is 3. The number of phenolic OH excluding ortho intramolecular Hbond substituents is 1. The van der Waals surface area contributed by atoms with Gasteiger partial charge in [-0.05, 0) is 49.9 Å². The summed E-state index contributed by atoms with van der Waals surface area (Å²) in [6.45, 7) is 1.71. The minimum absolute atomic E-state index is 0.0105. The normalized spacial score (nSPS) is 14.2. The maximum atomic E-state index is 13.4. The number of thiophene rings is 1. The van der Waals surface area contributed by atoms with Gasteiger partial charge in [0, 0.05) is 10.4 Å². The Morgan fingerprint density at radius 1 is 1.33 bits per heavy atom. The van der Waals surface area contributed by atoms with Crippen LogP contribution >= 0.6 is 11.3 Å². The van der Waals surface area contributed by atoms with Crippen LogP contribution in [-0.4, -0.2) is 20.8 Å². The summed E-state index contributed by atoms with van der Waals surface area (Å²) in [5, 5.41) is 15.2. The van der Waals surface area contributed by atoms with E-state index in [9.17, 15) is 9.50 Å². The maximum absolute atomic E-state index is 13.4. The van der Waals surface area contributed by atoms with Gasteiger partial charge in [-0.1, -0.05) is 0 Å². The molecule has 24 heavy (non-hydrogen) atoms. The molecule has 7 heteroatoms. The van der Waals surface area contributed by atoms with Crippen LogP contribution in [0.15, 0.2) is 29.6 Å². The van der Waals surface area contributed by atoms with Crippen molar-refractivity contribution in [2.75, 3.05) is 5.43 Å². The van der Waals surface area contributed by atoms with Crippen molar-refractivity contribution in [1.29, 1.82) is 0 Å². The summed E-state index contributed by atoms with van der Waals surface area (Å²) < 4.78 is 13.4. The summed E-state index contributed by atoms with van der Waals surface area (Å²) in [6.07, 6.45) is 4.80. The van der Waals surface area contributed by atoms with Gasteiger partial charge in [-0.3, -0.25) is 5.43 Å². The van der Waals surface area contributed by atoms with Crippen molar-refractivity contribution >= 4 is 33.1 Å². The van der Waals surface area contributed by atoms with Gasteiger partial charge in [0.15, 0.2) is 5.82 Å². The van der Waals surface area contributed by atoms with E-state index in [0.29, 0.717) is 17.1 Å². The topological polar surface area (TPSA) is 70.4 Å². The lowest BCUT2D eigenvalue weighted by molar-refractivity contribution is 0.472. The summed E-state index contributed by atoms with van der Waals surface area (Å²) in [5.74, 6) is 0.218. The SMILES string of the molecule is C/C(=N\Nc1ncnc2sc3c(c12)CCC3)c1cc(F)ccc1O. The molecule has 0 atom stereocenters. The molecule has 1 aliphatic carbocycles. The lowest BCUT2D eigenvalue weighted by atomic mass is 10.1. The fourth-order valence-electron chi connectivity index (χ4n) is 3.01. The van der Waals surface area contributed by atoms with Crippen LogP contribution in [0.4, 0.5) is 10.2 Å². The Hall–Kier alpha value is -2.54. The van der Waals surface area contributed by atoms with Gasteiger partial charge in [-0.25, -0.2) is 14.4 Å². The molecule has 1 aliphatic rings. The molecule has 2 heterocycles. The highest BCUT2D eigenvalue weighted by Crippen LogP contribution is 2.39. The second kappa shape index (κ2) is 5.83. The van der Waals surface area contributed by atoms with Crippen molar-refractivity contribution in [3.8, 4) is 5.75 Å². The summed E-state index contributed by atoms with van der Waals surface area (Å²) in [4.78, 5) is 11.0. The maximum Gasteiger partial charge on any atom is 0.158 e. The predicted molar refractivity (Wildman–Crippen MR) is 93.3 cm³/mol. The van der Waals surface area contributed by atoms with E-state index in [2.05, 4.69) is 20.5 Å². The Balaban J connectivity index is 1.71. The fourth-order valence-corrected chi connectivity index (χ4v) is 4.24. The highest BCUT2D eigenvalue weighted by Gasteiger charge is 2.21. The van der Waals surface area contributed by atoms with Crippen molar-refractivity contribution in [2.45, 2.75) is 26.2 Å². The molecule has 0 aliphatic heterocycles. The standard InChI is InChI=1S/C17H15FN4OS/c1-9(12-7-10(18)5-6-13(12)23)21-22-16-15-11-3-2-4-14(11)24-17(15)20-8-19-16/h5-8,23H,2-4H2,1H3,(H,19,20,22)/b21-9+. The molecule has 4 rings (SSSR count). The number of aromatic nitrogens is 2. The van der Waals surface area contributed by atoms with Crippen molar-refractivity contribution < 1.29 is 9.50 Å². The second-order valence-electron chi connectivity index (χ2n) is 5.73. The molecule has 122 valence electrons. The van der Waals surface area contributed by atoms with Crippen LogP contribution in [0.5, 0.6) is 5.75 Å². The number of anilines is 1. The average molecular weight is 342 g/mol. The highest BCUT2D eigenvalue weighted by molar-refractivity contribution is 7.19. The first kappa shape index (κ1) is 15.0. The minimum atomic E-state index is -0.419. The van der Waals surface area contributed by atoms with Crippen molar-refractivity contribution in [3.05, 3.63) is 46.3 Å². The van der Waals surface area contributed by atoms with Crippen LogP contribution in [0.1, 0.15) is 29.3 Å². The molecule has 0 saturated heterocycles. The molecule has 5 nitrogen and oxygen atoms in total. The summed E-state index contributed by atoms with van der Waals surface area (Å²) in [6, 6.07) is 3.79. The second-order valence-corrected chi connectivity index (χ2v) is 6.81. The molecule has 0 fully saturated rings. The van der Waals surface area contributed by atoms with E-state index in [-0.39, 0.29) is 5.75 Å². The number of fused-ring (bicyclic) bond motifs is 3. The van der Waals surface area contributed by atoms with E-state index in [1.807, 2.05) is 0 Å². The van der Waals surface area contributed by atoms with Crippen molar-refractivity contribution in [1.82, 2.24) is 9.97 Å². The molecule has 0 unspecified atom stereocenters. The minimum Gasteiger partial charge on any atom is -0.507 e. The molecule has 0 saturated carbocycles. The van der Waals surface area contributed by atoms with Gasteiger partial charge in [-0.2, -0.15) is 5.10 Å². The number of nitrogens with one attached hydrogen (secondary N) is 1. The molecule has 2 N–H and O–H groups in total. The largest absolute Gasteiger partial charge is 0.507 e. The van der Waals surface area contributed by atoms with Crippen LogP contribution in [0, 0.1) is 5.82 Å². The molecular weight excluding hydrogens is 327 g/mol. The van der Waals surface area contributed by atoms with Gasteiger partial charge in [0.2, 0.25) is 0 Å². The fraction of sp³-hybridized carbons (Fsp3) is 0.235. The first-order chi connectivity index (χ1) is 11.6.